The number of nitrogens with one attached hydrogen (secondary N) is 1. The van der Waals surface area contributed by atoms with E-state index in [1.165, 1.54) is 0 Å². The highest BCUT2D eigenvalue weighted by Gasteiger charge is 2.24. The van der Waals surface area contributed by atoms with Gasteiger partial charge in [-0.25, -0.2) is 9.51 Å². The first-order valence-corrected chi connectivity index (χ1v) is 9.96. The van der Waals surface area contributed by atoms with Gasteiger partial charge in [0.25, 0.3) is 0 Å². The van der Waals surface area contributed by atoms with Crippen LogP contribution in [-0.2, 0) is 0 Å². The van der Waals surface area contributed by atoms with Crippen molar-refractivity contribution in [1.29, 1.82) is 0 Å². The van der Waals surface area contributed by atoms with Crippen LogP contribution in [0.2, 0.25) is 10.0 Å². The number of amidine groups is 1. The first-order valence-electron chi connectivity index (χ1n) is 9.21. The zero-order valence-electron chi connectivity index (χ0n) is 15.5. The number of hydrogen-bond acceptors (Lipinski definition) is 4. The standard InChI is InChI=1S/C20H22Cl2N6/c1-11-7-17-18(26-13-6-5-12(23)8-13)14(9-25-28(17)10-11)20(24)27-19-15(21)3-2-4-16(19)22/h2-4,7,9-10,12-13,26H,5-6,8,23H2,1H3,(H2,24,27)/t12-,13+/m0/s1. The van der Waals surface area contributed by atoms with Crippen LogP contribution in [-0.4, -0.2) is 27.5 Å². The Morgan fingerprint density at radius 2 is 2.04 bits per heavy atom. The molecular weight excluding hydrogens is 395 g/mol. The largest absolute Gasteiger partial charge is 0.383 e. The summed E-state index contributed by atoms with van der Waals surface area (Å²) in [7, 11) is 0. The van der Waals surface area contributed by atoms with E-state index in [9.17, 15) is 0 Å². The molecule has 28 heavy (non-hydrogen) atoms. The Balaban J connectivity index is 1.81. The second-order valence-electron chi connectivity index (χ2n) is 7.26. The minimum atomic E-state index is 0.222. The summed E-state index contributed by atoms with van der Waals surface area (Å²) in [5, 5.41) is 9.00. The van der Waals surface area contributed by atoms with Crippen molar-refractivity contribution in [1.82, 2.24) is 9.61 Å². The predicted octanol–water partition coefficient (Wildman–Crippen LogP) is 4.28. The van der Waals surface area contributed by atoms with Gasteiger partial charge in [-0.15, -0.1) is 0 Å². The summed E-state index contributed by atoms with van der Waals surface area (Å²) in [6, 6.07) is 7.82. The van der Waals surface area contributed by atoms with Gasteiger partial charge < -0.3 is 16.8 Å². The van der Waals surface area contributed by atoms with E-state index in [2.05, 4.69) is 21.5 Å². The highest BCUT2D eigenvalue weighted by molar-refractivity contribution is 6.39. The van der Waals surface area contributed by atoms with Crippen molar-refractivity contribution < 1.29 is 0 Å². The SMILES string of the molecule is Cc1cc2c(N[C@@H]3CC[C@H](N)C3)c(/C(N)=N/c3c(Cl)cccc3Cl)cnn2c1. The topological polar surface area (TPSA) is 93.7 Å². The van der Waals surface area contributed by atoms with Crippen molar-refractivity contribution >= 4 is 45.9 Å². The lowest BCUT2D eigenvalue weighted by molar-refractivity contribution is 0.687. The molecule has 0 saturated heterocycles. The fraction of sp³-hybridized carbons (Fsp3) is 0.300. The zero-order chi connectivity index (χ0) is 19.8. The predicted molar refractivity (Wildman–Crippen MR) is 116 cm³/mol. The van der Waals surface area contributed by atoms with Crippen LogP contribution in [0, 0.1) is 6.92 Å². The maximum absolute atomic E-state index is 6.38. The Kier molecular flexibility index (Phi) is 5.19. The summed E-state index contributed by atoms with van der Waals surface area (Å²) in [6.07, 6.45) is 6.63. The average Bonchev–Trinajstić information content (AvgIpc) is 3.23. The molecule has 8 heteroatoms. The maximum Gasteiger partial charge on any atom is 0.135 e. The number of para-hydroxylation sites is 1. The summed E-state index contributed by atoms with van der Waals surface area (Å²) in [5.41, 5.74) is 16.6. The molecule has 1 fully saturated rings. The van der Waals surface area contributed by atoms with Crippen LogP contribution in [0.1, 0.15) is 30.4 Å². The second-order valence-corrected chi connectivity index (χ2v) is 8.08. The average molecular weight is 417 g/mol. The monoisotopic (exact) mass is 416 g/mol. The Morgan fingerprint density at radius 1 is 1.29 bits per heavy atom. The van der Waals surface area contributed by atoms with E-state index in [1.807, 2.05) is 17.6 Å². The van der Waals surface area contributed by atoms with Gasteiger partial charge in [0.1, 0.15) is 11.5 Å². The van der Waals surface area contributed by atoms with Crippen LogP contribution in [0.25, 0.3) is 5.52 Å². The summed E-state index contributed by atoms with van der Waals surface area (Å²) in [5.74, 6) is 0.300. The molecule has 6 nitrogen and oxygen atoms in total. The van der Waals surface area contributed by atoms with Gasteiger partial charge in [-0.2, -0.15) is 5.10 Å². The third kappa shape index (κ3) is 3.68. The minimum absolute atomic E-state index is 0.222. The van der Waals surface area contributed by atoms with Crippen molar-refractivity contribution in [2.75, 3.05) is 5.32 Å². The maximum atomic E-state index is 6.38. The number of aromatic nitrogens is 2. The van der Waals surface area contributed by atoms with Gasteiger partial charge >= 0.3 is 0 Å². The lowest BCUT2D eigenvalue weighted by atomic mass is 10.1. The van der Waals surface area contributed by atoms with Crippen LogP contribution >= 0.6 is 23.2 Å². The van der Waals surface area contributed by atoms with E-state index < -0.39 is 0 Å². The van der Waals surface area contributed by atoms with Crippen molar-refractivity contribution in [3.05, 3.63) is 57.8 Å². The van der Waals surface area contributed by atoms with Crippen LogP contribution in [0.4, 0.5) is 11.4 Å². The number of aryl methyl sites for hydroxylation is 1. The molecule has 4 rings (SSSR count). The number of rotatable bonds is 4. The Labute approximate surface area is 173 Å². The van der Waals surface area contributed by atoms with Gasteiger partial charge in [-0.3, -0.25) is 0 Å². The van der Waals surface area contributed by atoms with Crippen LogP contribution in [0.15, 0.2) is 41.7 Å². The van der Waals surface area contributed by atoms with Crippen LogP contribution in [0.5, 0.6) is 0 Å². The van der Waals surface area contributed by atoms with Crippen molar-refractivity contribution in [2.45, 2.75) is 38.3 Å². The molecule has 3 aromatic rings. The van der Waals surface area contributed by atoms with Gasteiger partial charge in [-0.1, -0.05) is 29.3 Å². The van der Waals surface area contributed by atoms with Gasteiger partial charge in [0.05, 0.1) is 33.0 Å². The number of aliphatic imine (C=N–C) groups is 1. The first-order chi connectivity index (χ1) is 13.4. The lowest BCUT2D eigenvalue weighted by Crippen LogP contribution is -2.24. The first kappa shape index (κ1) is 19.1. The molecule has 2 heterocycles. The number of halogens is 2. The zero-order valence-corrected chi connectivity index (χ0v) is 17.0. The number of anilines is 1. The Morgan fingerprint density at radius 3 is 2.71 bits per heavy atom. The fourth-order valence-corrected chi connectivity index (χ4v) is 4.14. The van der Waals surface area contributed by atoms with E-state index in [4.69, 9.17) is 34.7 Å². The molecule has 0 spiro atoms. The molecule has 146 valence electrons. The molecule has 0 aliphatic heterocycles. The van der Waals surface area contributed by atoms with E-state index >= 15 is 0 Å². The summed E-state index contributed by atoms with van der Waals surface area (Å²) >= 11 is 12.5. The molecule has 1 aromatic carbocycles. The molecule has 2 aromatic heterocycles. The number of fused-ring (bicyclic) bond motifs is 1. The molecule has 1 aliphatic rings. The van der Waals surface area contributed by atoms with Crippen molar-refractivity contribution in [3.8, 4) is 0 Å². The Hall–Kier alpha value is -2.28. The third-order valence-electron chi connectivity index (χ3n) is 5.04. The molecule has 1 aliphatic carbocycles. The number of hydrogen-bond donors (Lipinski definition) is 3. The summed E-state index contributed by atoms with van der Waals surface area (Å²) in [4.78, 5) is 4.51. The summed E-state index contributed by atoms with van der Waals surface area (Å²) in [6.45, 7) is 2.03. The van der Waals surface area contributed by atoms with Crippen LogP contribution in [0.3, 0.4) is 0 Å². The van der Waals surface area contributed by atoms with E-state index in [1.54, 1.807) is 24.4 Å². The number of nitrogens with two attached hydrogens (primary N) is 2. The fourth-order valence-electron chi connectivity index (χ4n) is 3.66. The smallest absolute Gasteiger partial charge is 0.135 e. The van der Waals surface area contributed by atoms with E-state index in [-0.39, 0.29) is 12.1 Å². The quantitative estimate of drug-likeness (QED) is 0.436. The molecule has 0 radical (unpaired) electrons. The normalized spacial score (nSPS) is 20.1. The highest BCUT2D eigenvalue weighted by atomic mass is 35.5. The highest BCUT2D eigenvalue weighted by Crippen LogP contribution is 2.34. The second kappa shape index (κ2) is 7.62. The number of benzene rings is 1. The minimum Gasteiger partial charge on any atom is -0.383 e. The third-order valence-corrected chi connectivity index (χ3v) is 5.65. The molecule has 0 unspecified atom stereocenters. The van der Waals surface area contributed by atoms with Gasteiger partial charge in [0.2, 0.25) is 0 Å². The Bertz CT molecular complexity index is 1040. The lowest BCUT2D eigenvalue weighted by Gasteiger charge is -2.18. The van der Waals surface area contributed by atoms with Crippen molar-refractivity contribution in [3.63, 3.8) is 0 Å². The molecule has 5 N–H and O–H groups in total. The van der Waals surface area contributed by atoms with Gasteiger partial charge in [0, 0.05) is 18.3 Å². The van der Waals surface area contributed by atoms with E-state index in [0.717, 1.165) is 36.0 Å². The molecule has 0 bridgehead atoms. The molecule has 2 atom stereocenters. The van der Waals surface area contributed by atoms with Crippen LogP contribution < -0.4 is 16.8 Å². The molecular formula is C20H22Cl2N6. The van der Waals surface area contributed by atoms with Crippen molar-refractivity contribution in [2.24, 2.45) is 16.5 Å². The van der Waals surface area contributed by atoms with Gasteiger partial charge in [-0.05, 0) is 49.9 Å². The summed E-state index contributed by atoms with van der Waals surface area (Å²) < 4.78 is 1.84. The molecule has 0 amide bonds. The van der Waals surface area contributed by atoms with E-state index in [0.29, 0.717) is 27.1 Å². The number of nitrogens with zero attached hydrogens (tertiary/aromatic N) is 3. The van der Waals surface area contributed by atoms with Gasteiger partial charge in [0.15, 0.2) is 0 Å². The molecule has 1 saturated carbocycles.